The maximum absolute atomic E-state index is 12.6. The second kappa shape index (κ2) is 6.56. The van der Waals surface area contributed by atoms with Crippen LogP contribution in [-0.4, -0.2) is 19.1 Å². The fourth-order valence-electron chi connectivity index (χ4n) is 2.99. The average molecular weight is 325 g/mol. The van der Waals surface area contributed by atoms with Gasteiger partial charge in [-0.15, -0.1) is 0 Å². The number of fused-ring (bicyclic) bond motifs is 1. The summed E-state index contributed by atoms with van der Waals surface area (Å²) in [6, 6.07) is 9.55. The molecule has 4 nitrogen and oxygen atoms in total. The molecule has 0 spiro atoms. The van der Waals surface area contributed by atoms with Gasteiger partial charge < -0.3 is 14.8 Å². The van der Waals surface area contributed by atoms with Gasteiger partial charge in [0.15, 0.2) is 11.5 Å². The fourth-order valence-corrected chi connectivity index (χ4v) is 2.99. The van der Waals surface area contributed by atoms with Crippen LogP contribution >= 0.6 is 0 Å². The molecular formula is C20H23NO3. The predicted molar refractivity (Wildman–Crippen MR) is 94.0 cm³/mol. The molecule has 1 amide bonds. The van der Waals surface area contributed by atoms with Crippen LogP contribution in [0.3, 0.4) is 0 Å². The lowest BCUT2D eigenvalue weighted by atomic mass is 9.96. The van der Waals surface area contributed by atoms with Gasteiger partial charge in [0.25, 0.3) is 5.91 Å². The zero-order chi connectivity index (χ0) is 17.3. The third-order valence-corrected chi connectivity index (χ3v) is 4.50. The summed E-state index contributed by atoms with van der Waals surface area (Å²) in [6.07, 6.45) is 0. The summed E-state index contributed by atoms with van der Waals surface area (Å²) in [5.41, 5.74) is 5.40. The summed E-state index contributed by atoms with van der Waals surface area (Å²) >= 11 is 0. The van der Waals surface area contributed by atoms with Crippen molar-refractivity contribution >= 4 is 5.91 Å². The second-order valence-electron chi connectivity index (χ2n) is 6.35. The van der Waals surface area contributed by atoms with Gasteiger partial charge in [-0.25, -0.2) is 0 Å². The highest BCUT2D eigenvalue weighted by Crippen LogP contribution is 2.31. The zero-order valence-corrected chi connectivity index (χ0v) is 14.6. The number of carbonyl (C=O) groups is 1. The Morgan fingerprint density at radius 1 is 0.958 bits per heavy atom. The smallest absolute Gasteiger partial charge is 0.251 e. The predicted octanol–water partition coefficient (Wildman–Crippen LogP) is 3.87. The Balaban J connectivity index is 1.78. The van der Waals surface area contributed by atoms with Gasteiger partial charge in [-0.1, -0.05) is 12.1 Å². The first-order chi connectivity index (χ1) is 11.5. The van der Waals surface area contributed by atoms with Gasteiger partial charge in [0, 0.05) is 5.56 Å². The first-order valence-electron chi connectivity index (χ1n) is 8.24. The van der Waals surface area contributed by atoms with E-state index in [4.69, 9.17) is 9.47 Å². The van der Waals surface area contributed by atoms with Crippen LogP contribution in [0.1, 0.15) is 45.6 Å². The molecule has 0 aromatic heterocycles. The van der Waals surface area contributed by atoms with Crippen molar-refractivity contribution in [1.29, 1.82) is 0 Å². The molecule has 1 aliphatic heterocycles. The van der Waals surface area contributed by atoms with E-state index in [0.717, 1.165) is 5.56 Å². The van der Waals surface area contributed by atoms with Crippen LogP contribution in [0.2, 0.25) is 0 Å². The number of rotatable bonds is 3. The van der Waals surface area contributed by atoms with Crippen LogP contribution < -0.4 is 14.8 Å². The highest BCUT2D eigenvalue weighted by molar-refractivity contribution is 5.95. The van der Waals surface area contributed by atoms with Gasteiger partial charge in [-0.2, -0.15) is 0 Å². The largest absolute Gasteiger partial charge is 0.486 e. The Kier molecular flexibility index (Phi) is 4.47. The third kappa shape index (κ3) is 3.23. The van der Waals surface area contributed by atoms with E-state index >= 15 is 0 Å². The molecule has 0 saturated carbocycles. The molecule has 2 aromatic carbocycles. The maximum atomic E-state index is 12.6. The number of ether oxygens (including phenoxy) is 2. The number of amides is 1. The van der Waals surface area contributed by atoms with Crippen molar-refractivity contribution in [2.45, 2.75) is 33.7 Å². The molecule has 126 valence electrons. The molecule has 4 heteroatoms. The minimum atomic E-state index is -0.114. The van der Waals surface area contributed by atoms with Crippen molar-refractivity contribution < 1.29 is 14.3 Å². The number of aryl methyl sites for hydroxylation is 3. The van der Waals surface area contributed by atoms with E-state index in [1.165, 1.54) is 16.7 Å². The molecule has 1 N–H and O–H groups in total. The van der Waals surface area contributed by atoms with Gasteiger partial charge in [0.05, 0.1) is 6.04 Å². The normalized spacial score (nSPS) is 14.2. The van der Waals surface area contributed by atoms with Gasteiger partial charge in [0.1, 0.15) is 13.2 Å². The van der Waals surface area contributed by atoms with Gasteiger partial charge in [-0.3, -0.25) is 4.79 Å². The Bertz CT molecular complexity index is 783. The second-order valence-corrected chi connectivity index (χ2v) is 6.35. The number of hydrogen-bond acceptors (Lipinski definition) is 3. The molecule has 0 fully saturated rings. The van der Waals surface area contributed by atoms with E-state index in [1.54, 1.807) is 18.2 Å². The van der Waals surface area contributed by atoms with Crippen molar-refractivity contribution in [3.63, 3.8) is 0 Å². The van der Waals surface area contributed by atoms with Crippen molar-refractivity contribution in [3.8, 4) is 11.5 Å². The van der Waals surface area contributed by atoms with E-state index in [2.05, 4.69) is 38.2 Å². The lowest BCUT2D eigenvalue weighted by Gasteiger charge is -2.20. The summed E-state index contributed by atoms with van der Waals surface area (Å²) in [5.74, 6) is 1.21. The number of nitrogens with one attached hydrogen (secondary N) is 1. The van der Waals surface area contributed by atoms with Gasteiger partial charge in [-0.05, 0) is 68.1 Å². The summed E-state index contributed by atoms with van der Waals surface area (Å²) in [6.45, 7) is 9.33. The molecule has 3 rings (SSSR count). The molecule has 1 atom stereocenters. The SMILES string of the molecule is Cc1cc(C)c([C@@H](C)NC(=O)c2ccc3c(c2)OCCO3)cc1C. The molecular weight excluding hydrogens is 302 g/mol. The molecule has 0 unspecified atom stereocenters. The van der Waals surface area contributed by atoms with Crippen molar-refractivity contribution in [2.24, 2.45) is 0 Å². The van der Waals surface area contributed by atoms with E-state index in [1.807, 2.05) is 6.92 Å². The maximum Gasteiger partial charge on any atom is 0.251 e. The van der Waals surface area contributed by atoms with E-state index in [0.29, 0.717) is 30.3 Å². The Morgan fingerprint density at radius 2 is 1.62 bits per heavy atom. The van der Waals surface area contributed by atoms with Crippen LogP contribution in [0.15, 0.2) is 30.3 Å². The topological polar surface area (TPSA) is 47.6 Å². The molecule has 1 heterocycles. The van der Waals surface area contributed by atoms with E-state index in [-0.39, 0.29) is 11.9 Å². The third-order valence-electron chi connectivity index (χ3n) is 4.50. The average Bonchev–Trinajstić information content (AvgIpc) is 2.57. The molecule has 0 bridgehead atoms. The molecule has 0 aliphatic carbocycles. The van der Waals surface area contributed by atoms with Crippen molar-refractivity contribution in [1.82, 2.24) is 5.32 Å². The lowest BCUT2D eigenvalue weighted by Crippen LogP contribution is -2.27. The molecule has 0 radical (unpaired) electrons. The number of carbonyl (C=O) groups excluding carboxylic acids is 1. The van der Waals surface area contributed by atoms with Crippen LogP contribution in [0.4, 0.5) is 0 Å². The quantitative estimate of drug-likeness (QED) is 0.932. The molecule has 24 heavy (non-hydrogen) atoms. The minimum Gasteiger partial charge on any atom is -0.486 e. The highest BCUT2D eigenvalue weighted by Gasteiger charge is 2.17. The fraction of sp³-hybridized carbons (Fsp3) is 0.350. The van der Waals surface area contributed by atoms with Crippen LogP contribution in [-0.2, 0) is 0 Å². The lowest BCUT2D eigenvalue weighted by molar-refractivity contribution is 0.0938. The standard InChI is InChI=1S/C20H23NO3/c1-12-9-14(3)17(10-13(12)2)15(4)21-20(22)16-5-6-18-19(11-16)24-8-7-23-18/h5-6,9-11,15H,7-8H2,1-4H3,(H,21,22)/t15-/m1/s1. The van der Waals surface area contributed by atoms with Crippen LogP contribution in [0, 0.1) is 20.8 Å². The van der Waals surface area contributed by atoms with Gasteiger partial charge in [0.2, 0.25) is 0 Å². The molecule has 2 aromatic rings. The Morgan fingerprint density at radius 3 is 2.38 bits per heavy atom. The van der Waals surface area contributed by atoms with Crippen LogP contribution in [0.5, 0.6) is 11.5 Å². The summed E-state index contributed by atoms with van der Waals surface area (Å²) < 4.78 is 11.0. The first-order valence-corrected chi connectivity index (χ1v) is 8.24. The van der Waals surface area contributed by atoms with Gasteiger partial charge >= 0.3 is 0 Å². The summed E-state index contributed by atoms with van der Waals surface area (Å²) in [5, 5.41) is 3.07. The number of benzene rings is 2. The Hall–Kier alpha value is -2.49. The van der Waals surface area contributed by atoms with E-state index in [9.17, 15) is 4.79 Å². The van der Waals surface area contributed by atoms with Crippen LogP contribution in [0.25, 0.3) is 0 Å². The molecule has 0 saturated heterocycles. The number of hydrogen-bond donors (Lipinski definition) is 1. The zero-order valence-electron chi connectivity index (χ0n) is 14.6. The highest BCUT2D eigenvalue weighted by atomic mass is 16.6. The monoisotopic (exact) mass is 325 g/mol. The van der Waals surface area contributed by atoms with E-state index < -0.39 is 0 Å². The summed E-state index contributed by atoms with van der Waals surface area (Å²) in [4.78, 5) is 12.6. The Labute approximate surface area is 142 Å². The minimum absolute atomic E-state index is 0.0648. The van der Waals surface area contributed by atoms with Crippen molar-refractivity contribution in [2.75, 3.05) is 13.2 Å². The summed E-state index contributed by atoms with van der Waals surface area (Å²) in [7, 11) is 0. The first kappa shape index (κ1) is 16.4. The molecule has 1 aliphatic rings. The van der Waals surface area contributed by atoms with Crippen molar-refractivity contribution in [3.05, 3.63) is 58.1 Å².